The maximum absolute atomic E-state index is 12.9. The van der Waals surface area contributed by atoms with Crippen LogP contribution < -0.4 is 10.3 Å². The molecule has 0 bridgehead atoms. The predicted molar refractivity (Wildman–Crippen MR) is 124 cm³/mol. The van der Waals surface area contributed by atoms with E-state index >= 15 is 0 Å². The zero-order valence-corrected chi connectivity index (χ0v) is 19.5. The smallest absolute Gasteiger partial charge is 0.341 e. The predicted octanol–water partition coefficient (Wildman–Crippen LogP) is 2.45. The summed E-state index contributed by atoms with van der Waals surface area (Å²) in [5.74, 6) is -0.526. The number of anilines is 1. The van der Waals surface area contributed by atoms with Crippen LogP contribution in [0.4, 0.5) is 5.82 Å². The standard InChI is InChI=1S/C22H25N5O5S/c1-4-32-13(3)5-6-16(28)14-8-26(9-14)17-7-12(2)18-19(29)15(21(30)31)10-27(20(18)25-17)22-23-11-24-33-22/h7,10-11,13-14H,4-6,8-9H2,1-3H3,(H,30,31). The number of hydrogen-bond acceptors (Lipinski definition) is 9. The number of ketones is 1. The number of aryl methyl sites for hydroxylation is 1. The van der Waals surface area contributed by atoms with Crippen LogP contribution in [0.25, 0.3) is 16.2 Å². The van der Waals surface area contributed by atoms with Crippen molar-refractivity contribution in [2.75, 3.05) is 24.6 Å². The Morgan fingerprint density at radius 3 is 2.76 bits per heavy atom. The Kier molecular flexibility index (Phi) is 6.52. The van der Waals surface area contributed by atoms with Gasteiger partial charge in [-0.1, -0.05) is 0 Å². The van der Waals surface area contributed by atoms with Crippen LogP contribution >= 0.6 is 11.5 Å². The molecule has 0 saturated carbocycles. The van der Waals surface area contributed by atoms with Gasteiger partial charge in [0, 0.05) is 43.8 Å². The van der Waals surface area contributed by atoms with Crippen molar-refractivity contribution in [3.63, 3.8) is 0 Å². The summed E-state index contributed by atoms with van der Waals surface area (Å²) in [5.41, 5.74) is -0.0140. The van der Waals surface area contributed by atoms with Crippen molar-refractivity contribution in [2.24, 2.45) is 5.92 Å². The number of ether oxygens (including phenoxy) is 1. The largest absolute Gasteiger partial charge is 0.477 e. The average Bonchev–Trinajstić information content (AvgIpc) is 3.25. The molecule has 1 aliphatic rings. The number of carboxylic acids is 1. The number of hydrogen-bond donors (Lipinski definition) is 1. The maximum atomic E-state index is 12.9. The van der Waals surface area contributed by atoms with E-state index in [0.717, 1.165) is 11.5 Å². The molecule has 0 spiro atoms. The van der Waals surface area contributed by atoms with Crippen LogP contribution in [0.1, 0.15) is 42.6 Å². The minimum atomic E-state index is -1.31. The Hall–Kier alpha value is -3.18. The average molecular weight is 472 g/mol. The number of aromatic carboxylic acids is 1. The van der Waals surface area contributed by atoms with Gasteiger partial charge in [-0.25, -0.2) is 14.8 Å². The molecule has 1 aliphatic heterocycles. The number of aromatic nitrogens is 4. The second-order valence-corrected chi connectivity index (χ2v) is 8.90. The SMILES string of the molecule is CCOC(C)CCC(=O)C1CN(c2cc(C)c3c(=O)c(C(=O)O)cn(-c4ncns4)c3n2)C1. The van der Waals surface area contributed by atoms with Gasteiger partial charge in [0.15, 0.2) is 5.65 Å². The van der Waals surface area contributed by atoms with E-state index < -0.39 is 11.4 Å². The van der Waals surface area contributed by atoms with E-state index in [1.165, 1.54) is 17.1 Å². The number of carbonyl (C=O) groups excluding carboxylic acids is 1. The molecule has 1 atom stereocenters. The zero-order valence-electron chi connectivity index (χ0n) is 18.6. The van der Waals surface area contributed by atoms with Gasteiger partial charge in [-0.15, -0.1) is 0 Å². The van der Waals surface area contributed by atoms with Crippen molar-refractivity contribution in [1.82, 2.24) is 18.9 Å². The Morgan fingerprint density at radius 1 is 1.36 bits per heavy atom. The van der Waals surface area contributed by atoms with Crippen molar-refractivity contribution in [3.8, 4) is 5.13 Å². The van der Waals surface area contributed by atoms with E-state index in [-0.39, 0.29) is 28.8 Å². The fourth-order valence-electron chi connectivity index (χ4n) is 4.00. The molecule has 1 unspecified atom stereocenters. The molecule has 0 radical (unpaired) electrons. The molecule has 3 aromatic heterocycles. The topological polar surface area (TPSA) is 128 Å². The summed E-state index contributed by atoms with van der Waals surface area (Å²) in [6.07, 6.45) is 3.85. The summed E-state index contributed by atoms with van der Waals surface area (Å²) in [5, 5.41) is 10.1. The monoisotopic (exact) mass is 471 g/mol. The van der Waals surface area contributed by atoms with Gasteiger partial charge < -0.3 is 14.7 Å². The fourth-order valence-corrected chi connectivity index (χ4v) is 4.51. The normalized spacial score (nSPS) is 14.9. The summed E-state index contributed by atoms with van der Waals surface area (Å²) in [7, 11) is 0. The quantitative estimate of drug-likeness (QED) is 0.500. The Morgan fingerprint density at radius 2 is 2.12 bits per heavy atom. The molecule has 33 heavy (non-hydrogen) atoms. The number of carboxylic acid groups (broad SMARTS) is 1. The lowest BCUT2D eigenvalue weighted by atomic mass is 9.91. The Balaban J connectivity index is 1.62. The van der Waals surface area contributed by atoms with E-state index in [9.17, 15) is 19.5 Å². The molecular weight excluding hydrogens is 446 g/mol. The molecule has 3 aromatic rings. The van der Waals surface area contributed by atoms with Crippen molar-refractivity contribution in [3.05, 3.63) is 39.9 Å². The third-order valence-corrected chi connectivity index (χ3v) is 6.50. The summed E-state index contributed by atoms with van der Waals surface area (Å²) in [4.78, 5) is 47.8. The van der Waals surface area contributed by atoms with E-state index in [4.69, 9.17) is 4.74 Å². The number of nitrogens with zero attached hydrogens (tertiary/aromatic N) is 5. The van der Waals surface area contributed by atoms with Crippen LogP contribution in [0.3, 0.4) is 0 Å². The van der Waals surface area contributed by atoms with Gasteiger partial charge in [0.25, 0.3) is 0 Å². The highest BCUT2D eigenvalue weighted by Gasteiger charge is 2.34. The molecule has 4 heterocycles. The van der Waals surface area contributed by atoms with Gasteiger partial charge in [-0.2, -0.15) is 4.37 Å². The first-order valence-corrected chi connectivity index (χ1v) is 11.5. The molecule has 11 heteroatoms. The minimum Gasteiger partial charge on any atom is -0.477 e. The van der Waals surface area contributed by atoms with Gasteiger partial charge in [0.1, 0.15) is 23.5 Å². The van der Waals surface area contributed by atoms with Crippen LogP contribution in [0.15, 0.2) is 23.4 Å². The van der Waals surface area contributed by atoms with Crippen molar-refractivity contribution in [2.45, 2.75) is 39.7 Å². The number of pyridine rings is 2. The van der Waals surface area contributed by atoms with E-state index in [1.807, 2.05) is 18.7 Å². The molecule has 1 fully saturated rings. The van der Waals surface area contributed by atoms with Crippen LogP contribution in [0.5, 0.6) is 0 Å². The minimum absolute atomic E-state index is 0.0589. The molecule has 0 amide bonds. The maximum Gasteiger partial charge on any atom is 0.341 e. The molecule has 0 aromatic carbocycles. The zero-order chi connectivity index (χ0) is 23.7. The number of Topliss-reactive ketones (excluding diaryl/α,β-unsaturated/α-hetero) is 1. The van der Waals surface area contributed by atoms with Crippen molar-refractivity contribution >= 4 is 40.1 Å². The highest BCUT2D eigenvalue weighted by molar-refractivity contribution is 7.08. The lowest BCUT2D eigenvalue weighted by Gasteiger charge is -2.39. The first kappa shape index (κ1) is 23.0. The van der Waals surface area contributed by atoms with E-state index in [2.05, 4.69) is 14.3 Å². The molecule has 1 saturated heterocycles. The van der Waals surface area contributed by atoms with Crippen LogP contribution in [0.2, 0.25) is 0 Å². The summed E-state index contributed by atoms with van der Waals surface area (Å²) in [6.45, 7) is 7.40. The summed E-state index contributed by atoms with van der Waals surface area (Å²) in [6, 6.07) is 1.76. The first-order valence-electron chi connectivity index (χ1n) is 10.8. The highest BCUT2D eigenvalue weighted by atomic mass is 32.1. The van der Waals surface area contributed by atoms with E-state index in [0.29, 0.717) is 54.7 Å². The second kappa shape index (κ2) is 9.36. The van der Waals surface area contributed by atoms with Crippen LogP contribution in [-0.2, 0) is 9.53 Å². The number of rotatable bonds is 9. The Labute approximate surface area is 194 Å². The van der Waals surface area contributed by atoms with Gasteiger partial charge in [0.2, 0.25) is 10.6 Å². The van der Waals surface area contributed by atoms with Gasteiger partial charge in [0.05, 0.1) is 17.4 Å². The highest BCUT2D eigenvalue weighted by Crippen LogP contribution is 2.29. The molecule has 1 N–H and O–H groups in total. The third kappa shape index (κ3) is 4.51. The van der Waals surface area contributed by atoms with Crippen LogP contribution in [-0.4, -0.2) is 61.6 Å². The summed E-state index contributed by atoms with van der Waals surface area (Å²) >= 11 is 1.07. The molecule has 0 aliphatic carbocycles. The van der Waals surface area contributed by atoms with Crippen molar-refractivity contribution in [1.29, 1.82) is 0 Å². The number of carbonyl (C=O) groups is 2. The van der Waals surface area contributed by atoms with Gasteiger partial charge in [-0.3, -0.25) is 14.2 Å². The fraction of sp³-hybridized carbons (Fsp3) is 0.455. The summed E-state index contributed by atoms with van der Waals surface area (Å²) < 4.78 is 11.0. The van der Waals surface area contributed by atoms with Gasteiger partial charge in [-0.05, 0) is 38.8 Å². The lowest BCUT2D eigenvalue weighted by molar-refractivity contribution is -0.124. The molecular formula is C22H25N5O5S. The lowest BCUT2D eigenvalue weighted by Crippen LogP contribution is -2.51. The first-order chi connectivity index (χ1) is 15.8. The van der Waals surface area contributed by atoms with Crippen molar-refractivity contribution < 1.29 is 19.4 Å². The third-order valence-electron chi connectivity index (χ3n) is 5.84. The number of fused-ring (bicyclic) bond motifs is 1. The van der Waals surface area contributed by atoms with Gasteiger partial charge >= 0.3 is 5.97 Å². The van der Waals surface area contributed by atoms with Crippen LogP contribution in [0, 0.1) is 12.8 Å². The Bertz CT molecular complexity index is 1250. The van der Waals surface area contributed by atoms with E-state index in [1.54, 1.807) is 13.0 Å². The molecule has 174 valence electrons. The molecule has 4 rings (SSSR count). The molecule has 10 nitrogen and oxygen atoms in total. The second-order valence-electron chi connectivity index (χ2n) is 8.14.